The zero-order valence-electron chi connectivity index (χ0n) is 10.1. The zero-order valence-corrected chi connectivity index (χ0v) is 10.1. The van der Waals surface area contributed by atoms with Crippen molar-refractivity contribution in [1.29, 1.82) is 0 Å². The van der Waals surface area contributed by atoms with Crippen molar-refractivity contribution < 1.29 is 9.90 Å². The van der Waals surface area contributed by atoms with Crippen LogP contribution in [0.5, 0.6) is 5.75 Å². The highest BCUT2D eigenvalue weighted by atomic mass is 16.3. The number of aromatic nitrogens is 2. The van der Waals surface area contributed by atoms with Crippen LogP contribution in [0.1, 0.15) is 15.9 Å². The topological polar surface area (TPSA) is 67.2 Å². The fourth-order valence-corrected chi connectivity index (χ4v) is 1.68. The maximum atomic E-state index is 11.9. The number of amides is 1. The highest BCUT2D eigenvalue weighted by Crippen LogP contribution is 2.19. The van der Waals surface area contributed by atoms with Gasteiger partial charge in [0.15, 0.2) is 0 Å². The van der Waals surface area contributed by atoms with Crippen molar-refractivity contribution in [3.8, 4) is 5.75 Å². The molecular weight excluding hydrogens is 230 g/mol. The van der Waals surface area contributed by atoms with Gasteiger partial charge in [-0.15, -0.1) is 0 Å². The van der Waals surface area contributed by atoms with Crippen LogP contribution >= 0.6 is 0 Å². The van der Waals surface area contributed by atoms with Gasteiger partial charge in [-0.05, 0) is 25.1 Å². The Bertz CT molecular complexity index is 535. The number of carbonyl (C=O) groups excluding carboxylic acids is 1. The van der Waals surface area contributed by atoms with Crippen LogP contribution in [0.4, 0.5) is 0 Å². The Morgan fingerprint density at radius 2 is 2.28 bits per heavy atom. The molecule has 0 unspecified atom stereocenters. The lowest BCUT2D eigenvalue weighted by molar-refractivity contribution is 0.0951. The molecule has 2 N–H and O–H groups in total. The Labute approximate surface area is 105 Å². The van der Waals surface area contributed by atoms with Gasteiger partial charge in [0.05, 0.1) is 6.54 Å². The molecule has 18 heavy (non-hydrogen) atoms. The van der Waals surface area contributed by atoms with Gasteiger partial charge in [-0.2, -0.15) is 5.10 Å². The van der Waals surface area contributed by atoms with E-state index >= 15 is 0 Å². The first-order valence-electron chi connectivity index (χ1n) is 5.72. The third-order valence-corrected chi connectivity index (χ3v) is 2.74. The molecule has 0 spiro atoms. The summed E-state index contributed by atoms with van der Waals surface area (Å²) < 4.78 is 1.75. The van der Waals surface area contributed by atoms with Crippen molar-refractivity contribution in [1.82, 2.24) is 15.1 Å². The first-order chi connectivity index (χ1) is 8.68. The Kier molecular flexibility index (Phi) is 3.62. The van der Waals surface area contributed by atoms with Crippen molar-refractivity contribution in [2.24, 2.45) is 0 Å². The van der Waals surface area contributed by atoms with Gasteiger partial charge in [0.2, 0.25) is 0 Å². The highest BCUT2D eigenvalue weighted by molar-refractivity contribution is 5.96. The minimum atomic E-state index is -0.185. The first kappa shape index (κ1) is 12.2. The standard InChI is InChI=1S/C13H15N3O2/c1-10-11(4-2-5-12(10)17)13(18)14-7-9-16-8-3-6-15-16/h2-6,8,17H,7,9H2,1H3,(H,14,18). The van der Waals surface area contributed by atoms with Gasteiger partial charge in [-0.25, -0.2) is 0 Å². The van der Waals surface area contributed by atoms with Gasteiger partial charge in [0.25, 0.3) is 5.91 Å². The summed E-state index contributed by atoms with van der Waals surface area (Å²) in [4.78, 5) is 11.9. The second kappa shape index (κ2) is 5.35. The summed E-state index contributed by atoms with van der Waals surface area (Å²) in [5.74, 6) is -0.0507. The van der Waals surface area contributed by atoms with E-state index < -0.39 is 0 Å². The minimum Gasteiger partial charge on any atom is -0.508 e. The van der Waals surface area contributed by atoms with E-state index in [0.29, 0.717) is 24.2 Å². The van der Waals surface area contributed by atoms with Gasteiger partial charge < -0.3 is 10.4 Å². The third-order valence-electron chi connectivity index (χ3n) is 2.74. The summed E-state index contributed by atoms with van der Waals surface area (Å²) in [7, 11) is 0. The lowest BCUT2D eigenvalue weighted by atomic mass is 10.1. The van der Waals surface area contributed by atoms with Crippen molar-refractivity contribution >= 4 is 5.91 Å². The number of nitrogens with one attached hydrogen (secondary N) is 1. The molecule has 0 atom stereocenters. The maximum Gasteiger partial charge on any atom is 0.251 e. The van der Waals surface area contributed by atoms with E-state index in [9.17, 15) is 9.90 Å². The number of phenols is 1. The number of hydrogen-bond donors (Lipinski definition) is 2. The molecule has 0 bridgehead atoms. The third kappa shape index (κ3) is 2.68. The van der Waals surface area contributed by atoms with Gasteiger partial charge in [-0.3, -0.25) is 9.48 Å². The molecule has 1 amide bonds. The summed E-state index contributed by atoms with van der Waals surface area (Å²) in [6.45, 7) is 2.84. The summed E-state index contributed by atoms with van der Waals surface area (Å²) >= 11 is 0. The van der Waals surface area contributed by atoms with Gasteiger partial charge in [-0.1, -0.05) is 6.07 Å². The van der Waals surface area contributed by atoms with Gasteiger partial charge in [0.1, 0.15) is 5.75 Å². The molecule has 0 radical (unpaired) electrons. The molecule has 2 aromatic rings. The minimum absolute atomic E-state index is 0.134. The average molecular weight is 245 g/mol. The van der Waals surface area contributed by atoms with Crippen LogP contribution in [-0.2, 0) is 6.54 Å². The molecule has 0 aliphatic carbocycles. The molecule has 0 aliphatic heterocycles. The number of rotatable bonds is 4. The van der Waals surface area contributed by atoms with E-state index in [0.717, 1.165) is 0 Å². The fraction of sp³-hybridized carbons (Fsp3) is 0.231. The molecule has 0 saturated carbocycles. The summed E-state index contributed by atoms with van der Waals surface area (Å²) in [5, 5.41) is 16.4. The normalized spacial score (nSPS) is 10.3. The van der Waals surface area contributed by atoms with Crippen LogP contribution in [0.25, 0.3) is 0 Å². The Morgan fingerprint density at radius 1 is 1.44 bits per heavy atom. The quantitative estimate of drug-likeness (QED) is 0.853. The van der Waals surface area contributed by atoms with Crippen molar-refractivity contribution in [2.45, 2.75) is 13.5 Å². The lowest BCUT2D eigenvalue weighted by Crippen LogP contribution is -2.27. The number of aromatic hydroxyl groups is 1. The predicted molar refractivity (Wildman–Crippen MR) is 67.4 cm³/mol. The molecule has 0 fully saturated rings. The zero-order chi connectivity index (χ0) is 13.0. The Hall–Kier alpha value is -2.30. The Balaban J connectivity index is 1.93. The number of carbonyl (C=O) groups is 1. The predicted octanol–water partition coefficient (Wildman–Crippen LogP) is 1.33. The second-order valence-corrected chi connectivity index (χ2v) is 3.97. The van der Waals surface area contributed by atoms with Crippen LogP contribution in [0.15, 0.2) is 36.7 Å². The molecule has 2 rings (SSSR count). The van der Waals surface area contributed by atoms with Crippen molar-refractivity contribution in [3.05, 3.63) is 47.8 Å². The number of nitrogens with zero attached hydrogens (tertiary/aromatic N) is 2. The van der Waals surface area contributed by atoms with Gasteiger partial charge in [0, 0.05) is 30.1 Å². The molecule has 94 valence electrons. The van der Waals surface area contributed by atoms with E-state index in [4.69, 9.17) is 0 Å². The monoisotopic (exact) mass is 245 g/mol. The average Bonchev–Trinajstić information content (AvgIpc) is 2.85. The van der Waals surface area contributed by atoms with E-state index in [2.05, 4.69) is 10.4 Å². The number of phenolic OH excluding ortho intramolecular Hbond substituents is 1. The van der Waals surface area contributed by atoms with E-state index in [1.165, 1.54) is 0 Å². The molecular formula is C13H15N3O2. The van der Waals surface area contributed by atoms with Crippen LogP contribution < -0.4 is 5.32 Å². The van der Waals surface area contributed by atoms with Crippen molar-refractivity contribution in [3.63, 3.8) is 0 Å². The molecule has 5 nitrogen and oxygen atoms in total. The number of benzene rings is 1. The molecule has 0 saturated heterocycles. The summed E-state index contributed by atoms with van der Waals surface area (Å²) in [6, 6.07) is 6.75. The van der Waals surface area contributed by atoms with Crippen molar-refractivity contribution in [2.75, 3.05) is 6.54 Å². The SMILES string of the molecule is Cc1c(O)cccc1C(=O)NCCn1cccn1. The lowest BCUT2D eigenvalue weighted by Gasteiger charge is -2.08. The smallest absolute Gasteiger partial charge is 0.251 e. The largest absolute Gasteiger partial charge is 0.508 e. The molecule has 5 heteroatoms. The molecule has 0 aliphatic rings. The second-order valence-electron chi connectivity index (χ2n) is 3.97. The summed E-state index contributed by atoms with van der Waals surface area (Å²) in [6.07, 6.45) is 3.53. The fourth-order valence-electron chi connectivity index (χ4n) is 1.68. The highest BCUT2D eigenvalue weighted by Gasteiger charge is 2.10. The van der Waals surface area contributed by atoms with E-state index in [1.807, 2.05) is 12.3 Å². The Morgan fingerprint density at radius 3 is 3.00 bits per heavy atom. The van der Waals surface area contributed by atoms with Gasteiger partial charge >= 0.3 is 0 Å². The summed E-state index contributed by atoms with van der Waals surface area (Å²) in [5.41, 5.74) is 1.09. The number of hydrogen-bond acceptors (Lipinski definition) is 3. The maximum absolute atomic E-state index is 11.9. The first-order valence-corrected chi connectivity index (χ1v) is 5.72. The van der Waals surface area contributed by atoms with Crippen LogP contribution in [-0.4, -0.2) is 27.3 Å². The van der Waals surface area contributed by atoms with Crippen LogP contribution in [0.3, 0.4) is 0 Å². The molecule has 1 heterocycles. The van der Waals surface area contributed by atoms with E-state index in [-0.39, 0.29) is 11.7 Å². The molecule has 1 aromatic heterocycles. The van der Waals surface area contributed by atoms with Crippen LogP contribution in [0.2, 0.25) is 0 Å². The van der Waals surface area contributed by atoms with E-state index in [1.54, 1.807) is 36.0 Å². The van der Waals surface area contributed by atoms with Crippen LogP contribution in [0, 0.1) is 6.92 Å². The molecule has 1 aromatic carbocycles.